The van der Waals surface area contributed by atoms with Gasteiger partial charge in [0, 0.05) is 19.7 Å². The molecule has 0 heterocycles. The van der Waals surface area contributed by atoms with Gasteiger partial charge in [-0.05, 0) is 25.2 Å². The Hall–Kier alpha value is -0.900. The van der Waals surface area contributed by atoms with Gasteiger partial charge in [-0.1, -0.05) is 24.3 Å². The molecule has 3 heteroatoms. The highest BCUT2D eigenvalue weighted by Crippen LogP contribution is 2.18. The van der Waals surface area contributed by atoms with Gasteiger partial charge in [0.15, 0.2) is 0 Å². The first-order valence-electron chi connectivity index (χ1n) is 5.13. The third kappa shape index (κ3) is 3.30. The normalized spacial score (nSPS) is 13.1. The molecule has 0 aliphatic rings. The van der Waals surface area contributed by atoms with E-state index in [1.807, 2.05) is 14.1 Å². The zero-order valence-electron chi connectivity index (χ0n) is 9.73. The molecular weight excluding hydrogens is 188 g/mol. The molecule has 84 valence electrons. The predicted octanol–water partition coefficient (Wildman–Crippen LogP) is 1.39. The molecule has 15 heavy (non-hydrogen) atoms. The van der Waals surface area contributed by atoms with Gasteiger partial charge in [0.1, 0.15) is 0 Å². The van der Waals surface area contributed by atoms with Crippen LogP contribution in [0.5, 0.6) is 0 Å². The molecule has 1 rings (SSSR count). The van der Waals surface area contributed by atoms with E-state index < -0.39 is 0 Å². The molecule has 1 atom stereocenters. The summed E-state index contributed by atoms with van der Waals surface area (Å²) in [6, 6.07) is 8.66. The second-order valence-corrected chi connectivity index (χ2v) is 3.89. The smallest absolute Gasteiger partial charge is 0.0713 e. The molecule has 1 unspecified atom stereocenters. The van der Waals surface area contributed by atoms with Crippen LogP contribution in [-0.4, -0.2) is 32.6 Å². The van der Waals surface area contributed by atoms with Crippen molar-refractivity contribution < 1.29 is 4.74 Å². The topological polar surface area (TPSA) is 38.5 Å². The van der Waals surface area contributed by atoms with Crippen LogP contribution in [0.4, 0.5) is 0 Å². The first-order valence-corrected chi connectivity index (χ1v) is 5.13. The quantitative estimate of drug-likeness (QED) is 0.795. The van der Waals surface area contributed by atoms with Crippen LogP contribution in [-0.2, 0) is 11.3 Å². The van der Waals surface area contributed by atoms with Gasteiger partial charge in [-0.15, -0.1) is 0 Å². The van der Waals surface area contributed by atoms with E-state index in [9.17, 15) is 0 Å². The molecule has 0 saturated carbocycles. The summed E-state index contributed by atoms with van der Waals surface area (Å²) in [4.78, 5) is 2.13. The molecule has 3 nitrogen and oxygen atoms in total. The Morgan fingerprint density at radius 1 is 1.40 bits per heavy atom. The Balaban J connectivity index is 2.87. The lowest BCUT2D eigenvalue weighted by molar-refractivity contribution is 0.184. The number of rotatable bonds is 5. The highest BCUT2D eigenvalue weighted by molar-refractivity contribution is 5.26. The molecule has 1 aromatic rings. The third-order valence-electron chi connectivity index (χ3n) is 2.49. The first-order chi connectivity index (χ1) is 7.19. The highest BCUT2D eigenvalue weighted by atomic mass is 16.5. The summed E-state index contributed by atoms with van der Waals surface area (Å²) in [5.41, 5.74) is 8.19. The van der Waals surface area contributed by atoms with Crippen molar-refractivity contribution in [3.05, 3.63) is 35.4 Å². The van der Waals surface area contributed by atoms with Crippen LogP contribution in [0.1, 0.15) is 17.2 Å². The number of ether oxygens (including phenoxy) is 1. The molecule has 0 radical (unpaired) electrons. The van der Waals surface area contributed by atoms with Crippen LogP contribution in [0.15, 0.2) is 24.3 Å². The van der Waals surface area contributed by atoms with Crippen LogP contribution in [0, 0.1) is 0 Å². The van der Waals surface area contributed by atoms with Crippen molar-refractivity contribution in [2.75, 3.05) is 27.7 Å². The molecular formula is C12H20N2O. The molecule has 0 spiro atoms. The van der Waals surface area contributed by atoms with E-state index in [1.165, 1.54) is 11.1 Å². The van der Waals surface area contributed by atoms with Crippen molar-refractivity contribution in [1.29, 1.82) is 0 Å². The molecule has 1 aromatic carbocycles. The summed E-state index contributed by atoms with van der Waals surface area (Å²) >= 11 is 0. The van der Waals surface area contributed by atoms with E-state index in [0.29, 0.717) is 13.2 Å². The lowest BCUT2D eigenvalue weighted by Crippen LogP contribution is -2.27. The Morgan fingerprint density at radius 2 is 2.13 bits per heavy atom. The Bertz CT molecular complexity index is 299. The maximum absolute atomic E-state index is 5.76. The van der Waals surface area contributed by atoms with Crippen LogP contribution < -0.4 is 5.73 Å². The van der Waals surface area contributed by atoms with Gasteiger partial charge in [0.25, 0.3) is 0 Å². The fourth-order valence-electron chi connectivity index (χ4n) is 1.70. The summed E-state index contributed by atoms with van der Waals surface area (Å²) in [5.74, 6) is 0. The van der Waals surface area contributed by atoms with E-state index in [-0.39, 0.29) is 6.04 Å². The fourth-order valence-corrected chi connectivity index (χ4v) is 1.70. The average Bonchev–Trinajstić information content (AvgIpc) is 2.19. The van der Waals surface area contributed by atoms with Crippen molar-refractivity contribution >= 4 is 0 Å². The third-order valence-corrected chi connectivity index (χ3v) is 2.49. The maximum Gasteiger partial charge on any atom is 0.0713 e. The lowest BCUT2D eigenvalue weighted by Gasteiger charge is -2.23. The number of likely N-dealkylation sites (N-methyl/N-ethyl adjacent to an activating group) is 1. The average molecular weight is 208 g/mol. The minimum absolute atomic E-state index is 0.279. The van der Waals surface area contributed by atoms with Crippen LogP contribution >= 0.6 is 0 Å². The largest absolute Gasteiger partial charge is 0.380 e. The number of hydrogen-bond acceptors (Lipinski definition) is 3. The van der Waals surface area contributed by atoms with E-state index in [1.54, 1.807) is 7.11 Å². The molecule has 0 fully saturated rings. The van der Waals surface area contributed by atoms with E-state index >= 15 is 0 Å². The fraction of sp³-hybridized carbons (Fsp3) is 0.500. The van der Waals surface area contributed by atoms with E-state index in [0.717, 1.165) is 0 Å². The zero-order chi connectivity index (χ0) is 11.3. The van der Waals surface area contributed by atoms with Gasteiger partial charge < -0.3 is 15.4 Å². The highest BCUT2D eigenvalue weighted by Gasteiger charge is 2.11. The van der Waals surface area contributed by atoms with Crippen molar-refractivity contribution in [1.82, 2.24) is 4.90 Å². The van der Waals surface area contributed by atoms with E-state index in [2.05, 4.69) is 29.2 Å². The number of nitrogens with two attached hydrogens (primary N) is 1. The van der Waals surface area contributed by atoms with Gasteiger partial charge in [0.2, 0.25) is 0 Å². The Kier molecular flexibility index (Phi) is 4.75. The van der Waals surface area contributed by atoms with Gasteiger partial charge in [-0.25, -0.2) is 0 Å². The van der Waals surface area contributed by atoms with Crippen LogP contribution in [0.2, 0.25) is 0 Å². The van der Waals surface area contributed by atoms with Gasteiger partial charge in [0.05, 0.1) is 6.61 Å². The minimum atomic E-state index is 0.279. The van der Waals surface area contributed by atoms with Crippen LogP contribution in [0.3, 0.4) is 0 Å². The minimum Gasteiger partial charge on any atom is -0.380 e. The number of hydrogen-bond donors (Lipinski definition) is 1. The number of benzene rings is 1. The standard InChI is InChI=1S/C12H20N2O/c1-14(2)12(8-13)11-6-4-5-10(7-11)9-15-3/h4-7,12H,8-9,13H2,1-3H3. The van der Waals surface area contributed by atoms with Crippen molar-refractivity contribution in [3.63, 3.8) is 0 Å². The second-order valence-electron chi connectivity index (χ2n) is 3.89. The monoisotopic (exact) mass is 208 g/mol. The van der Waals surface area contributed by atoms with Crippen molar-refractivity contribution in [2.24, 2.45) is 5.73 Å². The summed E-state index contributed by atoms with van der Waals surface area (Å²) < 4.78 is 5.11. The summed E-state index contributed by atoms with van der Waals surface area (Å²) in [5, 5.41) is 0. The molecule has 0 aliphatic heterocycles. The van der Waals surface area contributed by atoms with E-state index in [4.69, 9.17) is 10.5 Å². The molecule has 0 bridgehead atoms. The second kappa shape index (κ2) is 5.85. The predicted molar refractivity (Wildman–Crippen MR) is 62.6 cm³/mol. The summed E-state index contributed by atoms with van der Waals surface area (Å²) in [6.07, 6.45) is 0. The molecule has 0 aliphatic carbocycles. The van der Waals surface area contributed by atoms with Gasteiger partial charge in [-0.3, -0.25) is 0 Å². The maximum atomic E-state index is 5.76. The number of nitrogens with zero attached hydrogens (tertiary/aromatic N) is 1. The molecule has 0 aromatic heterocycles. The lowest BCUT2D eigenvalue weighted by atomic mass is 10.0. The van der Waals surface area contributed by atoms with Gasteiger partial charge in [-0.2, -0.15) is 0 Å². The molecule has 0 amide bonds. The molecule has 0 saturated heterocycles. The SMILES string of the molecule is COCc1cccc(C(CN)N(C)C)c1. The van der Waals surface area contributed by atoms with Gasteiger partial charge >= 0.3 is 0 Å². The van der Waals surface area contributed by atoms with Crippen molar-refractivity contribution in [2.45, 2.75) is 12.6 Å². The zero-order valence-corrected chi connectivity index (χ0v) is 9.73. The van der Waals surface area contributed by atoms with Crippen molar-refractivity contribution in [3.8, 4) is 0 Å². The summed E-state index contributed by atoms with van der Waals surface area (Å²) in [7, 11) is 5.79. The number of methoxy groups -OCH3 is 1. The van der Waals surface area contributed by atoms with Crippen LogP contribution in [0.25, 0.3) is 0 Å². The first kappa shape index (κ1) is 12.2. The Labute approximate surface area is 91.8 Å². The Morgan fingerprint density at radius 3 is 2.67 bits per heavy atom. The molecule has 2 N–H and O–H groups in total. The summed E-state index contributed by atoms with van der Waals surface area (Å²) in [6.45, 7) is 1.28.